The molecule has 0 spiro atoms. The standard InChI is InChI=1S/C10H4ClFN2O/c11-7-1-2-8(9(12)3-7)10(15)6(4-13)5-14/h1-3,6H. The average molecular weight is 223 g/mol. The van der Waals surface area contributed by atoms with E-state index < -0.39 is 17.5 Å². The molecule has 74 valence electrons. The predicted molar refractivity (Wildman–Crippen MR) is 50.5 cm³/mol. The van der Waals surface area contributed by atoms with Crippen LogP contribution in [0.25, 0.3) is 0 Å². The molecule has 0 amide bonds. The summed E-state index contributed by atoms with van der Waals surface area (Å²) in [7, 11) is 0. The molecule has 0 saturated heterocycles. The lowest BCUT2D eigenvalue weighted by molar-refractivity contribution is 0.0967. The van der Waals surface area contributed by atoms with Crippen molar-refractivity contribution in [1.82, 2.24) is 0 Å². The number of benzene rings is 1. The van der Waals surface area contributed by atoms with E-state index in [0.29, 0.717) is 0 Å². The van der Waals surface area contributed by atoms with Crippen LogP contribution in [0, 0.1) is 34.4 Å². The summed E-state index contributed by atoms with van der Waals surface area (Å²) in [6, 6.07) is 6.40. The number of carbonyl (C=O) groups is 1. The van der Waals surface area contributed by atoms with Gasteiger partial charge >= 0.3 is 0 Å². The van der Waals surface area contributed by atoms with Crippen LogP contribution < -0.4 is 0 Å². The molecule has 0 atom stereocenters. The summed E-state index contributed by atoms with van der Waals surface area (Å²) >= 11 is 5.49. The van der Waals surface area contributed by atoms with E-state index in [1.54, 1.807) is 0 Å². The molecular weight excluding hydrogens is 219 g/mol. The number of halogens is 2. The number of hydrogen-bond donors (Lipinski definition) is 0. The van der Waals surface area contributed by atoms with Crippen LogP contribution in [0.5, 0.6) is 0 Å². The Balaban J connectivity index is 3.14. The Kier molecular flexibility index (Phi) is 3.38. The number of nitrogens with zero attached hydrogens (tertiary/aromatic N) is 2. The van der Waals surface area contributed by atoms with Crippen molar-refractivity contribution >= 4 is 17.4 Å². The number of carbonyl (C=O) groups excluding carboxylic acids is 1. The van der Waals surface area contributed by atoms with E-state index in [2.05, 4.69) is 0 Å². The number of hydrogen-bond acceptors (Lipinski definition) is 3. The van der Waals surface area contributed by atoms with Crippen LogP contribution in [0.2, 0.25) is 5.02 Å². The highest BCUT2D eigenvalue weighted by Gasteiger charge is 2.21. The molecule has 3 nitrogen and oxygen atoms in total. The predicted octanol–water partition coefficient (Wildman–Crippen LogP) is 2.33. The molecule has 0 aliphatic carbocycles. The van der Waals surface area contributed by atoms with Crippen molar-refractivity contribution in [1.29, 1.82) is 10.5 Å². The van der Waals surface area contributed by atoms with E-state index in [-0.39, 0.29) is 10.6 Å². The summed E-state index contributed by atoms with van der Waals surface area (Å²) in [5.41, 5.74) is -0.299. The van der Waals surface area contributed by atoms with Crippen LogP contribution in [0.3, 0.4) is 0 Å². The maximum Gasteiger partial charge on any atom is 0.197 e. The first-order valence-corrected chi connectivity index (χ1v) is 4.26. The molecule has 15 heavy (non-hydrogen) atoms. The number of nitriles is 2. The van der Waals surface area contributed by atoms with Gasteiger partial charge in [-0.25, -0.2) is 4.39 Å². The van der Waals surface area contributed by atoms with E-state index >= 15 is 0 Å². The molecule has 1 aromatic carbocycles. The molecule has 0 bridgehead atoms. The number of Topliss-reactive ketones (excluding diaryl/α,β-unsaturated/α-hetero) is 1. The molecule has 5 heteroatoms. The maximum absolute atomic E-state index is 13.2. The van der Waals surface area contributed by atoms with Crippen LogP contribution in [-0.4, -0.2) is 5.78 Å². The topological polar surface area (TPSA) is 64.7 Å². The van der Waals surface area contributed by atoms with Crippen molar-refractivity contribution < 1.29 is 9.18 Å². The number of ketones is 1. The molecule has 0 fully saturated rings. The Morgan fingerprint density at radius 1 is 1.40 bits per heavy atom. The first-order chi connectivity index (χ1) is 7.10. The zero-order valence-electron chi connectivity index (χ0n) is 7.37. The lowest BCUT2D eigenvalue weighted by atomic mass is 10.00. The number of rotatable bonds is 2. The summed E-state index contributed by atoms with van der Waals surface area (Å²) in [4.78, 5) is 11.4. The summed E-state index contributed by atoms with van der Waals surface area (Å²) in [5.74, 6) is -3.17. The fourth-order valence-electron chi connectivity index (χ4n) is 0.991. The summed E-state index contributed by atoms with van der Waals surface area (Å²) in [5, 5.41) is 17.1. The van der Waals surface area contributed by atoms with Crippen molar-refractivity contribution in [3.05, 3.63) is 34.6 Å². The second-order valence-electron chi connectivity index (χ2n) is 2.68. The van der Waals surface area contributed by atoms with Gasteiger partial charge in [-0.3, -0.25) is 4.79 Å². The third-order valence-electron chi connectivity index (χ3n) is 1.72. The summed E-state index contributed by atoms with van der Waals surface area (Å²) in [6.45, 7) is 0. The Labute approximate surface area is 90.3 Å². The molecular formula is C10H4ClFN2O. The van der Waals surface area contributed by atoms with Gasteiger partial charge in [-0.05, 0) is 18.2 Å². The second-order valence-corrected chi connectivity index (χ2v) is 3.12. The van der Waals surface area contributed by atoms with Crippen molar-refractivity contribution in [3.63, 3.8) is 0 Å². The minimum atomic E-state index is -1.49. The Morgan fingerprint density at radius 3 is 2.47 bits per heavy atom. The van der Waals surface area contributed by atoms with Gasteiger partial charge in [-0.1, -0.05) is 11.6 Å². The molecule has 0 aliphatic rings. The van der Waals surface area contributed by atoms with Gasteiger partial charge in [-0.2, -0.15) is 10.5 Å². The average Bonchev–Trinajstić information content (AvgIpc) is 2.19. The van der Waals surface area contributed by atoms with Gasteiger partial charge in [0.15, 0.2) is 11.7 Å². The van der Waals surface area contributed by atoms with Gasteiger partial charge in [0.2, 0.25) is 0 Å². The molecule has 0 aromatic heterocycles. The smallest absolute Gasteiger partial charge is 0.197 e. The van der Waals surface area contributed by atoms with Crippen LogP contribution in [0.15, 0.2) is 18.2 Å². The van der Waals surface area contributed by atoms with Crippen LogP contribution in [-0.2, 0) is 0 Å². The van der Waals surface area contributed by atoms with Crippen molar-refractivity contribution in [2.24, 2.45) is 5.92 Å². The van der Waals surface area contributed by atoms with Crippen LogP contribution >= 0.6 is 11.6 Å². The molecule has 0 unspecified atom stereocenters. The van der Waals surface area contributed by atoms with Gasteiger partial charge in [-0.15, -0.1) is 0 Å². The van der Waals surface area contributed by atoms with Gasteiger partial charge in [0.05, 0.1) is 17.7 Å². The zero-order chi connectivity index (χ0) is 11.4. The lowest BCUT2D eigenvalue weighted by Gasteiger charge is -2.02. The second kappa shape index (κ2) is 4.54. The first-order valence-electron chi connectivity index (χ1n) is 3.88. The van der Waals surface area contributed by atoms with E-state index in [1.165, 1.54) is 18.2 Å². The van der Waals surface area contributed by atoms with E-state index in [0.717, 1.165) is 12.1 Å². The van der Waals surface area contributed by atoms with E-state index in [9.17, 15) is 9.18 Å². The zero-order valence-corrected chi connectivity index (χ0v) is 8.12. The van der Waals surface area contributed by atoms with Gasteiger partial charge in [0.1, 0.15) is 5.82 Å². The fourth-order valence-corrected chi connectivity index (χ4v) is 1.15. The van der Waals surface area contributed by atoms with Gasteiger partial charge < -0.3 is 0 Å². The first kappa shape index (κ1) is 11.2. The van der Waals surface area contributed by atoms with Crippen LogP contribution in [0.4, 0.5) is 4.39 Å². The van der Waals surface area contributed by atoms with Crippen molar-refractivity contribution in [2.45, 2.75) is 0 Å². The highest BCUT2D eigenvalue weighted by molar-refractivity contribution is 6.30. The minimum Gasteiger partial charge on any atom is -0.291 e. The highest BCUT2D eigenvalue weighted by atomic mass is 35.5. The third-order valence-corrected chi connectivity index (χ3v) is 1.95. The largest absolute Gasteiger partial charge is 0.291 e. The highest BCUT2D eigenvalue weighted by Crippen LogP contribution is 2.17. The van der Waals surface area contributed by atoms with Crippen molar-refractivity contribution in [2.75, 3.05) is 0 Å². The quantitative estimate of drug-likeness (QED) is 0.722. The van der Waals surface area contributed by atoms with Gasteiger partial charge in [0, 0.05) is 5.02 Å². The molecule has 1 aromatic rings. The minimum absolute atomic E-state index is 0.148. The van der Waals surface area contributed by atoms with E-state index in [1.807, 2.05) is 0 Å². The van der Waals surface area contributed by atoms with Crippen LogP contribution in [0.1, 0.15) is 10.4 Å². The van der Waals surface area contributed by atoms with Gasteiger partial charge in [0.25, 0.3) is 0 Å². The van der Waals surface area contributed by atoms with Crippen molar-refractivity contribution in [3.8, 4) is 12.1 Å². The summed E-state index contributed by atoms with van der Waals surface area (Å²) < 4.78 is 13.2. The SMILES string of the molecule is N#CC(C#N)C(=O)c1ccc(Cl)cc1F. The Bertz CT molecular complexity index is 473. The normalized spacial score (nSPS) is 9.40. The molecule has 1 rings (SSSR count). The Morgan fingerprint density at radius 2 is 2.00 bits per heavy atom. The molecule has 0 radical (unpaired) electrons. The molecule has 0 heterocycles. The molecule has 0 saturated carbocycles. The maximum atomic E-state index is 13.2. The Hall–Kier alpha value is -1.91. The lowest BCUT2D eigenvalue weighted by Crippen LogP contribution is -2.12. The fraction of sp³-hybridized carbons (Fsp3) is 0.100. The molecule has 0 N–H and O–H groups in total. The van der Waals surface area contributed by atoms with E-state index in [4.69, 9.17) is 22.1 Å². The monoisotopic (exact) mass is 222 g/mol. The molecule has 0 aliphatic heterocycles. The summed E-state index contributed by atoms with van der Waals surface area (Å²) in [6.07, 6.45) is 0. The third kappa shape index (κ3) is 2.31.